The lowest BCUT2D eigenvalue weighted by Crippen LogP contribution is -2.35. The Hall–Kier alpha value is -3.39. The molecule has 8 heteroatoms. The summed E-state index contributed by atoms with van der Waals surface area (Å²) in [6, 6.07) is 14.4. The van der Waals surface area contributed by atoms with E-state index in [1.54, 1.807) is 36.4 Å². The van der Waals surface area contributed by atoms with Crippen LogP contribution in [0.4, 0.5) is 5.69 Å². The molecule has 1 heterocycles. The van der Waals surface area contributed by atoms with Crippen molar-refractivity contribution in [2.75, 3.05) is 31.8 Å². The highest BCUT2D eigenvalue weighted by molar-refractivity contribution is 7.80. The van der Waals surface area contributed by atoms with Crippen molar-refractivity contribution in [3.05, 3.63) is 59.8 Å². The number of esters is 1. The van der Waals surface area contributed by atoms with Crippen molar-refractivity contribution in [1.29, 1.82) is 0 Å². The van der Waals surface area contributed by atoms with E-state index in [0.717, 1.165) is 0 Å². The normalized spacial score (nSPS) is 14.9. The van der Waals surface area contributed by atoms with Gasteiger partial charge in [-0.1, -0.05) is 18.2 Å². The van der Waals surface area contributed by atoms with Crippen molar-refractivity contribution in [2.45, 2.75) is 13.8 Å². The number of benzene rings is 2. The second kappa shape index (κ2) is 10.1. The molecule has 3 rings (SSSR count). The molecule has 0 aliphatic carbocycles. The minimum absolute atomic E-state index is 0.183. The Morgan fingerprint density at radius 1 is 1.06 bits per heavy atom. The number of hydrogen-bond acceptors (Lipinski definition) is 6. The highest BCUT2D eigenvalue weighted by Gasteiger charge is 2.40. The van der Waals surface area contributed by atoms with E-state index in [2.05, 4.69) is 0 Å². The zero-order chi connectivity index (χ0) is 22.4. The van der Waals surface area contributed by atoms with Gasteiger partial charge in [0.25, 0.3) is 5.91 Å². The molecule has 1 aliphatic heterocycles. The second-order valence-electron chi connectivity index (χ2n) is 6.52. The number of ether oxygens (including phenoxy) is 3. The lowest BCUT2D eigenvalue weighted by atomic mass is 10.1. The van der Waals surface area contributed by atoms with E-state index >= 15 is 0 Å². The Morgan fingerprint density at radius 3 is 2.42 bits per heavy atom. The van der Waals surface area contributed by atoms with Crippen molar-refractivity contribution < 1.29 is 23.8 Å². The van der Waals surface area contributed by atoms with E-state index in [-0.39, 0.29) is 23.3 Å². The number of carbonyl (C=O) groups excluding carboxylic acids is 2. The lowest BCUT2D eigenvalue weighted by molar-refractivity contribution is -0.140. The van der Waals surface area contributed by atoms with Crippen LogP contribution in [-0.4, -0.2) is 48.8 Å². The van der Waals surface area contributed by atoms with Crippen LogP contribution in [0.25, 0.3) is 6.08 Å². The third-order valence-corrected chi connectivity index (χ3v) is 4.96. The predicted octanol–water partition coefficient (Wildman–Crippen LogP) is 3.63. The first-order valence-corrected chi connectivity index (χ1v) is 10.3. The quantitative estimate of drug-likeness (QED) is 0.353. The van der Waals surface area contributed by atoms with Crippen LogP contribution in [0.3, 0.4) is 0 Å². The van der Waals surface area contributed by atoms with Crippen LogP contribution < -0.4 is 14.4 Å². The van der Waals surface area contributed by atoms with Crippen molar-refractivity contribution in [1.82, 2.24) is 4.90 Å². The summed E-state index contributed by atoms with van der Waals surface area (Å²) in [5.74, 6) is 0.388. The van der Waals surface area contributed by atoms with E-state index < -0.39 is 5.97 Å². The molecular weight excluding hydrogens is 416 g/mol. The van der Waals surface area contributed by atoms with Gasteiger partial charge in [0, 0.05) is 11.6 Å². The van der Waals surface area contributed by atoms with Crippen molar-refractivity contribution in [2.24, 2.45) is 0 Å². The second-order valence-corrected chi connectivity index (χ2v) is 6.88. The van der Waals surface area contributed by atoms with E-state index in [0.29, 0.717) is 36.0 Å². The maximum atomic E-state index is 13.4. The molecule has 0 aromatic heterocycles. The summed E-state index contributed by atoms with van der Waals surface area (Å²) in [6.07, 6.45) is 1.67. The Kier molecular flexibility index (Phi) is 7.25. The first kappa shape index (κ1) is 22.3. The molecule has 2 aromatic carbocycles. The average molecular weight is 441 g/mol. The van der Waals surface area contributed by atoms with Crippen LogP contribution in [0.1, 0.15) is 19.4 Å². The average Bonchev–Trinajstić information content (AvgIpc) is 3.00. The van der Waals surface area contributed by atoms with Crippen molar-refractivity contribution in [3.8, 4) is 11.5 Å². The molecule has 0 atom stereocenters. The number of nitrogens with zero attached hydrogens (tertiary/aromatic N) is 2. The maximum Gasteiger partial charge on any atom is 0.325 e. The summed E-state index contributed by atoms with van der Waals surface area (Å²) < 4.78 is 16.1. The smallest absolute Gasteiger partial charge is 0.325 e. The van der Waals surface area contributed by atoms with E-state index in [1.807, 2.05) is 32.0 Å². The van der Waals surface area contributed by atoms with Gasteiger partial charge in [0.1, 0.15) is 23.7 Å². The summed E-state index contributed by atoms with van der Waals surface area (Å²) in [5.41, 5.74) is 1.54. The number of rotatable bonds is 8. The SMILES string of the molecule is CCOc1ccc(/C=C2/C(=O)N(c3ccccc3)C(=S)N2CC(=O)OC)c(OCC)c1. The third kappa shape index (κ3) is 4.86. The van der Waals surface area contributed by atoms with Crippen LogP contribution in [0.2, 0.25) is 0 Å². The first-order valence-electron chi connectivity index (χ1n) is 9.89. The monoisotopic (exact) mass is 440 g/mol. The maximum absolute atomic E-state index is 13.4. The van der Waals surface area contributed by atoms with E-state index in [4.69, 9.17) is 26.4 Å². The molecule has 0 N–H and O–H groups in total. The number of thiocarbonyl (C=S) groups is 1. The third-order valence-electron chi connectivity index (χ3n) is 4.55. The van der Waals surface area contributed by atoms with Gasteiger partial charge < -0.3 is 19.1 Å². The summed E-state index contributed by atoms with van der Waals surface area (Å²) in [4.78, 5) is 28.3. The molecule has 2 aromatic rings. The van der Waals surface area contributed by atoms with E-state index in [9.17, 15) is 9.59 Å². The van der Waals surface area contributed by atoms with E-state index in [1.165, 1.54) is 16.9 Å². The van der Waals surface area contributed by atoms with Gasteiger partial charge in [-0.15, -0.1) is 0 Å². The molecule has 1 amide bonds. The summed E-state index contributed by atoms with van der Waals surface area (Å²) >= 11 is 5.55. The van der Waals surface area contributed by atoms with Crippen LogP contribution in [0.15, 0.2) is 54.2 Å². The van der Waals surface area contributed by atoms with Gasteiger partial charge in [-0.25, -0.2) is 0 Å². The Morgan fingerprint density at radius 2 is 1.77 bits per heavy atom. The fourth-order valence-corrected chi connectivity index (χ4v) is 3.50. The van der Waals surface area contributed by atoms with Gasteiger partial charge in [0.2, 0.25) is 0 Å². The first-order chi connectivity index (χ1) is 15.0. The Labute approximate surface area is 186 Å². The van der Waals surface area contributed by atoms with Gasteiger partial charge >= 0.3 is 5.97 Å². The number of hydrogen-bond donors (Lipinski definition) is 0. The number of methoxy groups -OCH3 is 1. The molecule has 31 heavy (non-hydrogen) atoms. The summed E-state index contributed by atoms with van der Waals surface area (Å²) in [6.45, 7) is 4.56. The molecule has 0 spiro atoms. The molecule has 7 nitrogen and oxygen atoms in total. The minimum atomic E-state index is -0.507. The molecular formula is C23H24N2O5S. The van der Waals surface area contributed by atoms with Gasteiger partial charge in [-0.2, -0.15) is 0 Å². The Balaban J connectivity index is 2.07. The van der Waals surface area contributed by atoms with Crippen LogP contribution in [0, 0.1) is 0 Å². The van der Waals surface area contributed by atoms with Gasteiger partial charge in [-0.05, 0) is 56.4 Å². The zero-order valence-corrected chi connectivity index (χ0v) is 18.5. The highest BCUT2D eigenvalue weighted by Crippen LogP contribution is 2.32. The van der Waals surface area contributed by atoms with Crippen LogP contribution in [-0.2, 0) is 14.3 Å². The number of amides is 1. The zero-order valence-electron chi connectivity index (χ0n) is 17.7. The highest BCUT2D eigenvalue weighted by atomic mass is 32.1. The van der Waals surface area contributed by atoms with Gasteiger partial charge in [0.05, 0.1) is 26.0 Å². The molecule has 0 saturated carbocycles. The lowest BCUT2D eigenvalue weighted by Gasteiger charge is -2.19. The van der Waals surface area contributed by atoms with Crippen LogP contribution in [0.5, 0.6) is 11.5 Å². The molecule has 0 radical (unpaired) electrons. The number of anilines is 1. The van der Waals surface area contributed by atoms with Crippen molar-refractivity contribution in [3.63, 3.8) is 0 Å². The molecule has 1 saturated heterocycles. The van der Waals surface area contributed by atoms with Gasteiger partial charge in [0.15, 0.2) is 5.11 Å². The standard InChI is InChI=1S/C23H24N2O5S/c1-4-29-18-12-11-16(20(14-18)30-5-2)13-19-22(27)25(17-9-7-6-8-10-17)23(31)24(19)15-21(26)28-3/h6-14H,4-5,15H2,1-3H3/b19-13-. The number of carbonyl (C=O) groups is 2. The fourth-order valence-electron chi connectivity index (χ4n) is 3.15. The molecule has 1 fully saturated rings. The molecule has 1 aliphatic rings. The fraction of sp³-hybridized carbons (Fsp3) is 0.261. The Bertz CT molecular complexity index is 1010. The van der Waals surface area contributed by atoms with Crippen molar-refractivity contribution >= 4 is 41.0 Å². The minimum Gasteiger partial charge on any atom is -0.494 e. The van der Waals surface area contributed by atoms with Gasteiger partial charge in [-0.3, -0.25) is 14.5 Å². The summed E-state index contributed by atoms with van der Waals surface area (Å²) in [7, 11) is 1.29. The van der Waals surface area contributed by atoms with Crippen LogP contribution >= 0.6 is 12.2 Å². The number of para-hydroxylation sites is 1. The molecule has 0 bridgehead atoms. The topological polar surface area (TPSA) is 68.3 Å². The predicted molar refractivity (Wildman–Crippen MR) is 122 cm³/mol. The summed E-state index contributed by atoms with van der Waals surface area (Å²) in [5, 5.41) is 0.205. The molecule has 162 valence electrons. The molecule has 0 unspecified atom stereocenters. The largest absolute Gasteiger partial charge is 0.494 e.